The average Bonchev–Trinajstić information content (AvgIpc) is 2.64. The number of aryl methyl sites for hydroxylation is 1. The summed E-state index contributed by atoms with van der Waals surface area (Å²) in [5.41, 5.74) is 0.799. The van der Waals surface area contributed by atoms with E-state index in [1.54, 1.807) is 12.1 Å². The zero-order chi connectivity index (χ0) is 19.7. The van der Waals surface area contributed by atoms with Crippen molar-refractivity contribution >= 4 is 5.97 Å². The van der Waals surface area contributed by atoms with E-state index in [0.717, 1.165) is 18.4 Å². The van der Waals surface area contributed by atoms with Gasteiger partial charge in [-0.2, -0.15) is 0 Å². The van der Waals surface area contributed by atoms with Gasteiger partial charge in [-0.25, -0.2) is 4.79 Å². The molecule has 0 saturated heterocycles. The number of carboxylic acid groups (broad SMARTS) is 1. The van der Waals surface area contributed by atoms with Crippen LogP contribution in [-0.2, 0) is 6.42 Å². The summed E-state index contributed by atoms with van der Waals surface area (Å²) in [5.74, 6) is -1.18. The van der Waals surface area contributed by atoms with E-state index in [9.17, 15) is 15.0 Å². The second kappa shape index (κ2) is 15.3. The predicted octanol–water partition coefficient (Wildman–Crippen LogP) is 7.28. The third kappa shape index (κ3) is 10.8. The molecular formula is C24H38O3. The summed E-state index contributed by atoms with van der Waals surface area (Å²) in [4.78, 5) is 11.2. The van der Waals surface area contributed by atoms with E-state index >= 15 is 0 Å². The molecular weight excluding hydrogens is 336 g/mol. The molecule has 152 valence electrons. The standard InChI is InChI=1S/C24H38O3/c1-2-3-4-5-6-7-8-9-10-11-12-13-14-15-16-18-21-19-17-20-22(25)23(21)24(26)27/h9-10,17,19-20,25H,2-8,11-16,18H2,1H3,(H,26,27). The van der Waals surface area contributed by atoms with Crippen molar-refractivity contribution in [2.45, 2.75) is 96.8 Å². The lowest BCUT2D eigenvalue weighted by atomic mass is 9.99. The molecule has 0 heterocycles. The van der Waals surface area contributed by atoms with E-state index in [1.807, 2.05) is 0 Å². The van der Waals surface area contributed by atoms with E-state index in [4.69, 9.17) is 0 Å². The molecule has 3 heteroatoms. The number of allylic oxidation sites excluding steroid dienone is 2. The largest absolute Gasteiger partial charge is 0.507 e. The molecule has 0 aliphatic rings. The Kier molecular flexibility index (Phi) is 13.2. The number of carbonyl (C=O) groups is 1. The van der Waals surface area contributed by atoms with Crippen LogP contribution in [-0.4, -0.2) is 16.2 Å². The number of hydrogen-bond donors (Lipinski definition) is 2. The number of phenols is 1. The summed E-state index contributed by atoms with van der Waals surface area (Å²) >= 11 is 0. The molecule has 2 N–H and O–H groups in total. The fraction of sp³-hybridized carbons (Fsp3) is 0.625. The molecule has 0 amide bonds. The van der Waals surface area contributed by atoms with Gasteiger partial charge in [0.05, 0.1) is 0 Å². The van der Waals surface area contributed by atoms with Crippen LogP contribution in [0.3, 0.4) is 0 Å². The maximum Gasteiger partial charge on any atom is 0.339 e. The maximum atomic E-state index is 11.2. The van der Waals surface area contributed by atoms with Gasteiger partial charge in [-0.05, 0) is 50.2 Å². The molecule has 0 atom stereocenters. The Balaban J connectivity index is 2.00. The van der Waals surface area contributed by atoms with E-state index in [-0.39, 0.29) is 11.3 Å². The minimum atomic E-state index is -1.05. The summed E-state index contributed by atoms with van der Waals surface area (Å²) in [7, 11) is 0. The van der Waals surface area contributed by atoms with E-state index in [1.165, 1.54) is 76.7 Å². The maximum absolute atomic E-state index is 11.2. The van der Waals surface area contributed by atoms with Crippen molar-refractivity contribution in [3.8, 4) is 5.75 Å². The highest BCUT2D eigenvalue weighted by atomic mass is 16.4. The van der Waals surface area contributed by atoms with E-state index in [0.29, 0.717) is 6.42 Å². The van der Waals surface area contributed by atoms with Gasteiger partial charge in [0.2, 0.25) is 0 Å². The Morgan fingerprint density at radius 1 is 0.852 bits per heavy atom. The monoisotopic (exact) mass is 374 g/mol. The normalized spacial score (nSPS) is 11.3. The molecule has 3 nitrogen and oxygen atoms in total. The Morgan fingerprint density at radius 2 is 1.41 bits per heavy atom. The predicted molar refractivity (Wildman–Crippen MR) is 114 cm³/mol. The Hall–Kier alpha value is -1.77. The number of unbranched alkanes of at least 4 members (excludes halogenated alkanes) is 11. The number of benzene rings is 1. The molecule has 27 heavy (non-hydrogen) atoms. The lowest BCUT2D eigenvalue weighted by Gasteiger charge is -2.07. The quantitative estimate of drug-likeness (QED) is 0.236. The van der Waals surface area contributed by atoms with Gasteiger partial charge in [0.1, 0.15) is 11.3 Å². The highest BCUT2D eigenvalue weighted by Gasteiger charge is 2.14. The summed E-state index contributed by atoms with van der Waals surface area (Å²) in [5, 5.41) is 18.9. The van der Waals surface area contributed by atoms with Crippen LogP contribution in [0.5, 0.6) is 5.75 Å². The summed E-state index contributed by atoms with van der Waals surface area (Å²) in [6.07, 6.45) is 21.7. The number of aromatic hydroxyl groups is 1. The Morgan fingerprint density at radius 3 is 2.00 bits per heavy atom. The highest BCUT2D eigenvalue weighted by Crippen LogP contribution is 2.23. The van der Waals surface area contributed by atoms with Gasteiger partial charge in [-0.15, -0.1) is 0 Å². The molecule has 0 unspecified atom stereocenters. The number of carboxylic acids is 1. The van der Waals surface area contributed by atoms with Gasteiger partial charge in [-0.1, -0.05) is 82.6 Å². The first-order chi connectivity index (χ1) is 13.2. The minimum absolute atomic E-state index is 0.0630. The van der Waals surface area contributed by atoms with Gasteiger partial charge in [0.15, 0.2) is 0 Å². The van der Waals surface area contributed by atoms with E-state index < -0.39 is 5.97 Å². The molecule has 0 spiro atoms. The smallest absolute Gasteiger partial charge is 0.339 e. The molecule has 0 aliphatic heterocycles. The second-order valence-corrected chi connectivity index (χ2v) is 7.45. The van der Waals surface area contributed by atoms with Crippen molar-refractivity contribution in [3.05, 3.63) is 41.5 Å². The van der Waals surface area contributed by atoms with Gasteiger partial charge in [0.25, 0.3) is 0 Å². The topological polar surface area (TPSA) is 57.5 Å². The number of hydrogen-bond acceptors (Lipinski definition) is 2. The lowest BCUT2D eigenvalue weighted by molar-refractivity contribution is 0.0692. The third-order valence-corrected chi connectivity index (χ3v) is 5.05. The van der Waals surface area contributed by atoms with Crippen LogP contribution in [0.2, 0.25) is 0 Å². The molecule has 1 rings (SSSR count). The zero-order valence-corrected chi connectivity index (χ0v) is 17.1. The van der Waals surface area contributed by atoms with Crippen molar-refractivity contribution in [1.82, 2.24) is 0 Å². The molecule has 0 saturated carbocycles. The highest BCUT2D eigenvalue weighted by molar-refractivity contribution is 5.92. The van der Waals surface area contributed by atoms with Crippen molar-refractivity contribution < 1.29 is 15.0 Å². The molecule has 0 aliphatic carbocycles. The van der Waals surface area contributed by atoms with Crippen LogP contribution in [0.1, 0.15) is 106 Å². The van der Waals surface area contributed by atoms with Crippen LogP contribution in [0, 0.1) is 0 Å². The fourth-order valence-corrected chi connectivity index (χ4v) is 3.43. The molecule has 0 bridgehead atoms. The minimum Gasteiger partial charge on any atom is -0.507 e. The van der Waals surface area contributed by atoms with Gasteiger partial charge in [-0.3, -0.25) is 0 Å². The molecule has 0 fully saturated rings. The SMILES string of the molecule is CCCCCCCCC=CCCCCCCCc1cccc(O)c1C(=O)O. The zero-order valence-electron chi connectivity index (χ0n) is 17.1. The first kappa shape index (κ1) is 23.3. The van der Waals surface area contributed by atoms with Crippen molar-refractivity contribution in [3.63, 3.8) is 0 Å². The van der Waals surface area contributed by atoms with Gasteiger partial charge in [0, 0.05) is 0 Å². The lowest BCUT2D eigenvalue weighted by Crippen LogP contribution is -2.03. The first-order valence-corrected chi connectivity index (χ1v) is 10.9. The number of aromatic carboxylic acids is 1. The second-order valence-electron chi connectivity index (χ2n) is 7.45. The van der Waals surface area contributed by atoms with Gasteiger partial charge < -0.3 is 10.2 Å². The van der Waals surface area contributed by atoms with Crippen molar-refractivity contribution in [2.24, 2.45) is 0 Å². The van der Waals surface area contributed by atoms with Gasteiger partial charge >= 0.3 is 5.97 Å². The third-order valence-electron chi connectivity index (χ3n) is 5.05. The Bertz CT molecular complexity index is 549. The summed E-state index contributed by atoms with van der Waals surface area (Å²) in [6, 6.07) is 4.96. The summed E-state index contributed by atoms with van der Waals surface area (Å²) < 4.78 is 0. The van der Waals surface area contributed by atoms with Crippen LogP contribution < -0.4 is 0 Å². The average molecular weight is 375 g/mol. The Labute approximate surface area is 165 Å². The first-order valence-electron chi connectivity index (χ1n) is 10.9. The van der Waals surface area contributed by atoms with Crippen LogP contribution >= 0.6 is 0 Å². The number of rotatable bonds is 16. The molecule has 1 aromatic rings. The fourth-order valence-electron chi connectivity index (χ4n) is 3.43. The molecule has 0 aromatic heterocycles. The molecule has 0 radical (unpaired) electrons. The van der Waals surface area contributed by atoms with Crippen molar-refractivity contribution in [1.29, 1.82) is 0 Å². The molecule has 1 aromatic carbocycles. The van der Waals surface area contributed by atoms with Crippen LogP contribution in [0.15, 0.2) is 30.4 Å². The van der Waals surface area contributed by atoms with E-state index in [2.05, 4.69) is 19.1 Å². The van der Waals surface area contributed by atoms with Crippen LogP contribution in [0.25, 0.3) is 0 Å². The summed E-state index contributed by atoms with van der Waals surface area (Å²) in [6.45, 7) is 2.26. The van der Waals surface area contributed by atoms with Crippen LogP contribution in [0.4, 0.5) is 0 Å². The van der Waals surface area contributed by atoms with Crippen molar-refractivity contribution in [2.75, 3.05) is 0 Å².